The standard InChI is InChI=1S/C25H26N2O8/c1-4-33-23(28)21(18-9-7-16(15-26)8-10-18)20(17-11-13-19(14-12-17)27(31)32)22(24(29)34-5-2)25(30)35-6-3/h7-14,20-22H,4-6H2,1-3H3. The van der Waals surface area contributed by atoms with Gasteiger partial charge in [-0.2, -0.15) is 5.26 Å². The Labute approximate surface area is 202 Å². The van der Waals surface area contributed by atoms with E-state index >= 15 is 0 Å². The zero-order valence-corrected chi connectivity index (χ0v) is 19.6. The molecule has 2 aromatic carbocycles. The average molecular weight is 482 g/mol. The molecule has 0 aromatic heterocycles. The highest BCUT2D eigenvalue weighted by Crippen LogP contribution is 2.41. The zero-order valence-electron chi connectivity index (χ0n) is 19.6. The topological polar surface area (TPSA) is 146 Å². The van der Waals surface area contributed by atoms with E-state index < -0.39 is 40.6 Å². The van der Waals surface area contributed by atoms with Crippen LogP contribution in [0.1, 0.15) is 49.3 Å². The lowest BCUT2D eigenvalue weighted by Gasteiger charge is -2.31. The number of hydrogen-bond donors (Lipinski definition) is 0. The second-order valence-corrected chi connectivity index (χ2v) is 7.32. The molecule has 0 spiro atoms. The minimum absolute atomic E-state index is 0.0251. The molecule has 0 bridgehead atoms. The largest absolute Gasteiger partial charge is 0.466 e. The molecule has 0 heterocycles. The van der Waals surface area contributed by atoms with Crippen LogP contribution in [0.15, 0.2) is 48.5 Å². The molecule has 10 nitrogen and oxygen atoms in total. The summed E-state index contributed by atoms with van der Waals surface area (Å²) in [6, 6.07) is 13.2. The van der Waals surface area contributed by atoms with Gasteiger partial charge in [0.15, 0.2) is 5.92 Å². The lowest BCUT2D eigenvalue weighted by atomic mass is 9.73. The Bertz CT molecular complexity index is 1070. The number of benzene rings is 2. The summed E-state index contributed by atoms with van der Waals surface area (Å²) < 4.78 is 15.6. The number of nitro benzene ring substituents is 1. The van der Waals surface area contributed by atoms with E-state index in [-0.39, 0.29) is 25.5 Å². The monoisotopic (exact) mass is 482 g/mol. The number of non-ortho nitro benzene ring substituents is 1. The van der Waals surface area contributed by atoms with Gasteiger partial charge >= 0.3 is 17.9 Å². The van der Waals surface area contributed by atoms with Gasteiger partial charge in [-0.3, -0.25) is 24.5 Å². The van der Waals surface area contributed by atoms with Gasteiger partial charge in [0.1, 0.15) is 0 Å². The number of carbonyl (C=O) groups is 3. The molecule has 0 radical (unpaired) electrons. The third-order valence-electron chi connectivity index (χ3n) is 5.23. The van der Waals surface area contributed by atoms with Crippen molar-refractivity contribution >= 4 is 23.6 Å². The van der Waals surface area contributed by atoms with Crippen molar-refractivity contribution in [1.82, 2.24) is 0 Å². The summed E-state index contributed by atoms with van der Waals surface area (Å²) in [5, 5.41) is 20.3. The maximum absolute atomic E-state index is 13.3. The van der Waals surface area contributed by atoms with Gasteiger partial charge in [0, 0.05) is 18.1 Å². The molecule has 2 aromatic rings. The highest BCUT2D eigenvalue weighted by atomic mass is 16.6. The Hall–Kier alpha value is -4.26. The van der Waals surface area contributed by atoms with E-state index in [1.165, 1.54) is 48.5 Å². The van der Waals surface area contributed by atoms with Crippen LogP contribution in [0.25, 0.3) is 0 Å². The third kappa shape index (κ3) is 6.63. The number of rotatable bonds is 11. The highest BCUT2D eigenvalue weighted by Gasteiger charge is 2.46. The van der Waals surface area contributed by atoms with Crippen LogP contribution < -0.4 is 0 Å². The van der Waals surface area contributed by atoms with Crippen LogP contribution >= 0.6 is 0 Å². The predicted octanol–water partition coefficient (Wildman–Crippen LogP) is 3.64. The van der Waals surface area contributed by atoms with Crippen LogP contribution in [0.4, 0.5) is 5.69 Å². The van der Waals surface area contributed by atoms with Crippen LogP contribution in [0.3, 0.4) is 0 Å². The molecule has 0 saturated heterocycles. The summed E-state index contributed by atoms with van der Waals surface area (Å²) in [5.41, 5.74) is 0.812. The molecule has 35 heavy (non-hydrogen) atoms. The fourth-order valence-electron chi connectivity index (χ4n) is 3.74. The van der Waals surface area contributed by atoms with Crippen molar-refractivity contribution in [3.05, 3.63) is 75.3 Å². The lowest BCUT2D eigenvalue weighted by molar-refractivity contribution is -0.384. The molecule has 0 aliphatic rings. The van der Waals surface area contributed by atoms with Gasteiger partial charge < -0.3 is 14.2 Å². The molecular weight excluding hydrogens is 456 g/mol. The van der Waals surface area contributed by atoms with Crippen LogP contribution in [0.2, 0.25) is 0 Å². The van der Waals surface area contributed by atoms with Crippen molar-refractivity contribution in [2.45, 2.75) is 32.6 Å². The van der Waals surface area contributed by atoms with Crippen molar-refractivity contribution < 1.29 is 33.5 Å². The molecule has 0 N–H and O–H groups in total. The number of nitrogens with zero attached hydrogens (tertiary/aromatic N) is 2. The van der Waals surface area contributed by atoms with Crippen molar-refractivity contribution in [2.75, 3.05) is 19.8 Å². The first-order valence-electron chi connectivity index (χ1n) is 11.0. The van der Waals surface area contributed by atoms with Gasteiger partial charge in [-0.05, 0) is 44.0 Å². The van der Waals surface area contributed by atoms with Crippen LogP contribution in [0.5, 0.6) is 0 Å². The molecule has 184 valence electrons. The molecule has 10 heteroatoms. The molecule has 0 aliphatic heterocycles. The summed E-state index contributed by atoms with van der Waals surface area (Å²) in [5.74, 6) is -6.47. The predicted molar refractivity (Wildman–Crippen MR) is 123 cm³/mol. The summed E-state index contributed by atoms with van der Waals surface area (Å²) >= 11 is 0. The Morgan fingerprint density at radius 3 is 1.71 bits per heavy atom. The van der Waals surface area contributed by atoms with Crippen LogP contribution in [-0.2, 0) is 28.6 Å². The quantitative estimate of drug-likeness (QED) is 0.154. The molecule has 2 rings (SSSR count). The SMILES string of the molecule is CCOC(=O)C(C(=O)OCC)C(c1ccc([N+](=O)[O-])cc1)C(C(=O)OCC)c1ccc(C#N)cc1. The smallest absolute Gasteiger partial charge is 0.320 e. The van der Waals surface area contributed by atoms with Crippen molar-refractivity contribution in [3.8, 4) is 6.07 Å². The summed E-state index contributed by atoms with van der Waals surface area (Å²) in [6.07, 6.45) is 0. The average Bonchev–Trinajstić information content (AvgIpc) is 2.84. The summed E-state index contributed by atoms with van der Waals surface area (Å²) in [6.45, 7) is 4.74. The Balaban J connectivity index is 2.80. The molecule has 2 unspecified atom stereocenters. The maximum atomic E-state index is 13.3. The highest BCUT2D eigenvalue weighted by molar-refractivity contribution is 5.97. The number of nitriles is 1. The van der Waals surface area contributed by atoms with Gasteiger partial charge in [0.25, 0.3) is 5.69 Å². The second kappa shape index (κ2) is 12.8. The second-order valence-electron chi connectivity index (χ2n) is 7.32. The number of esters is 3. The Morgan fingerprint density at radius 2 is 1.29 bits per heavy atom. The van der Waals surface area contributed by atoms with Gasteiger partial charge in [-0.25, -0.2) is 0 Å². The fraction of sp³-hybridized carbons (Fsp3) is 0.360. The third-order valence-corrected chi connectivity index (χ3v) is 5.23. The number of ether oxygens (including phenoxy) is 3. The Kier molecular flexibility index (Phi) is 9.90. The summed E-state index contributed by atoms with van der Waals surface area (Å²) in [4.78, 5) is 49.9. The van der Waals surface area contributed by atoms with E-state index in [4.69, 9.17) is 19.5 Å². The molecule has 0 aliphatic carbocycles. The van der Waals surface area contributed by atoms with E-state index in [1.54, 1.807) is 20.8 Å². The number of nitro groups is 1. The normalized spacial score (nSPS) is 12.2. The number of carbonyl (C=O) groups excluding carboxylic acids is 3. The van der Waals surface area contributed by atoms with Crippen LogP contribution in [0, 0.1) is 27.4 Å². The Morgan fingerprint density at radius 1 is 0.829 bits per heavy atom. The van der Waals surface area contributed by atoms with Crippen molar-refractivity contribution in [3.63, 3.8) is 0 Å². The minimum atomic E-state index is -1.57. The van der Waals surface area contributed by atoms with E-state index in [0.717, 1.165) is 0 Å². The van der Waals surface area contributed by atoms with Crippen LogP contribution in [-0.4, -0.2) is 42.7 Å². The summed E-state index contributed by atoms with van der Waals surface area (Å²) in [7, 11) is 0. The first-order chi connectivity index (χ1) is 16.8. The first kappa shape index (κ1) is 27.0. The van der Waals surface area contributed by atoms with E-state index in [0.29, 0.717) is 16.7 Å². The van der Waals surface area contributed by atoms with E-state index in [1.807, 2.05) is 6.07 Å². The van der Waals surface area contributed by atoms with Crippen molar-refractivity contribution in [1.29, 1.82) is 5.26 Å². The lowest BCUT2D eigenvalue weighted by Crippen LogP contribution is -2.38. The minimum Gasteiger partial charge on any atom is -0.466 e. The van der Waals surface area contributed by atoms with Gasteiger partial charge in [0.2, 0.25) is 0 Å². The van der Waals surface area contributed by atoms with Crippen molar-refractivity contribution in [2.24, 2.45) is 5.92 Å². The van der Waals surface area contributed by atoms with E-state index in [2.05, 4.69) is 0 Å². The molecule has 2 atom stereocenters. The maximum Gasteiger partial charge on any atom is 0.320 e. The zero-order chi connectivity index (χ0) is 26.0. The fourth-order valence-corrected chi connectivity index (χ4v) is 3.74. The van der Waals surface area contributed by atoms with E-state index in [9.17, 15) is 24.5 Å². The van der Waals surface area contributed by atoms with Gasteiger partial charge in [-0.15, -0.1) is 0 Å². The first-order valence-corrected chi connectivity index (χ1v) is 11.0. The molecule has 0 amide bonds. The molecular formula is C25H26N2O8. The molecule has 0 fully saturated rings. The van der Waals surface area contributed by atoms with Gasteiger partial charge in [0.05, 0.1) is 42.3 Å². The van der Waals surface area contributed by atoms with Gasteiger partial charge in [-0.1, -0.05) is 24.3 Å². The number of hydrogen-bond acceptors (Lipinski definition) is 9. The molecule has 0 saturated carbocycles.